The number of carbonyl (C=O) groups excluding carboxylic acids is 2. The molecule has 2 amide bonds. The maximum atomic E-state index is 12.1. The maximum Gasteiger partial charge on any atom is 0.223 e. The molecule has 18 heavy (non-hydrogen) atoms. The zero-order valence-corrected chi connectivity index (χ0v) is 11.1. The fraction of sp³-hybridized carbons (Fsp3) is 0.769. The summed E-state index contributed by atoms with van der Waals surface area (Å²) in [7, 11) is 0. The summed E-state index contributed by atoms with van der Waals surface area (Å²) in [4.78, 5) is 24.8. The van der Waals surface area contributed by atoms with Crippen molar-refractivity contribution in [1.82, 2.24) is 4.90 Å². The van der Waals surface area contributed by atoms with Crippen molar-refractivity contribution >= 4 is 11.8 Å². The van der Waals surface area contributed by atoms with Crippen molar-refractivity contribution in [2.45, 2.75) is 39.5 Å². The Bertz CT molecular complexity index is 363. The van der Waals surface area contributed by atoms with Crippen LogP contribution in [0.3, 0.4) is 0 Å². The molecule has 1 heterocycles. The Morgan fingerprint density at radius 1 is 1.33 bits per heavy atom. The molecule has 0 spiro atoms. The van der Waals surface area contributed by atoms with E-state index in [1.807, 2.05) is 13.8 Å². The van der Waals surface area contributed by atoms with Crippen LogP contribution in [0.2, 0.25) is 0 Å². The molecular weight excluding hydrogens is 230 g/mol. The summed E-state index contributed by atoms with van der Waals surface area (Å²) in [6.07, 6.45) is 2.04. The van der Waals surface area contributed by atoms with Crippen LogP contribution in [0.15, 0.2) is 0 Å². The van der Waals surface area contributed by atoms with Gasteiger partial charge >= 0.3 is 0 Å². The van der Waals surface area contributed by atoms with Crippen molar-refractivity contribution in [1.29, 1.82) is 5.26 Å². The zero-order valence-electron chi connectivity index (χ0n) is 11.1. The van der Waals surface area contributed by atoms with E-state index < -0.39 is 5.41 Å². The molecule has 5 nitrogen and oxygen atoms in total. The molecule has 0 aromatic rings. The number of carbonyl (C=O) groups is 2. The second-order valence-corrected chi connectivity index (χ2v) is 5.77. The third-order valence-corrected chi connectivity index (χ3v) is 3.31. The van der Waals surface area contributed by atoms with Gasteiger partial charge < -0.3 is 10.6 Å². The van der Waals surface area contributed by atoms with E-state index in [-0.39, 0.29) is 24.2 Å². The first-order chi connectivity index (χ1) is 8.34. The van der Waals surface area contributed by atoms with Gasteiger partial charge in [-0.3, -0.25) is 9.59 Å². The minimum absolute atomic E-state index is 0.0534. The molecule has 2 N–H and O–H groups in total. The first kappa shape index (κ1) is 14.5. The Labute approximate surface area is 108 Å². The second-order valence-electron chi connectivity index (χ2n) is 5.77. The van der Waals surface area contributed by atoms with Crippen molar-refractivity contribution in [2.75, 3.05) is 13.1 Å². The molecule has 0 aromatic heterocycles. The van der Waals surface area contributed by atoms with Crippen molar-refractivity contribution in [3.05, 3.63) is 0 Å². The van der Waals surface area contributed by atoms with Gasteiger partial charge in [-0.05, 0) is 18.3 Å². The zero-order chi connectivity index (χ0) is 13.8. The van der Waals surface area contributed by atoms with Gasteiger partial charge in [0.1, 0.15) is 0 Å². The van der Waals surface area contributed by atoms with Crippen molar-refractivity contribution in [2.24, 2.45) is 17.1 Å². The molecule has 100 valence electrons. The summed E-state index contributed by atoms with van der Waals surface area (Å²) in [6.45, 7) is 5.03. The number of nitrogens with zero attached hydrogens (tertiary/aromatic N) is 2. The topological polar surface area (TPSA) is 87.2 Å². The van der Waals surface area contributed by atoms with Gasteiger partial charge in [0, 0.05) is 31.8 Å². The fourth-order valence-electron chi connectivity index (χ4n) is 2.31. The van der Waals surface area contributed by atoms with Crippen LogP contribution in [-0.2, 0) is 9.59 Å². The molecule has 1 aliphatic rings. The van der Waals surface area contributed by atoms with E-state index in [1.165, 1.54) is 0 Å². The molecule has 5 heteroatoms. The number of piperidine rings is 1. The van der Waals surface area contributed by atoms with Gasteiger partial charge in [0.05, 0.1) is 6.07 Å². The van der Waals surface area contributed by atoms with Crippen LogP contribution in [0.4, 0.5) is 0 Å². The van der Waals surface area contributed by atoms with Gasteiger partial charge in [-0.25, -0.2) is 0 Å². The first-order valence-corrected chi connectivity index (χ1v) is 6.30. The fourth-order valence-corrected chi connectivity index (χ4v) is 2.31. The molecule has 0 atom stereocenters. The lowest BCUT2D eigenvalue weighted by atomic mass is 9.84. The van der Waals surface area contributed by atoms with E-state index in [0.717, 1.165) is 12.8 Å². The average molecular weight is 251 g/mol. The number of rotatable bonds is 4. The number of nitriles is 1. The Hall–Kier alpha value is -1.57. The summed E-state index contributed by atoms with van der Waals surface area (Å²) in [6, 6.07) is 2.24. The molecule has 1 saturated heterocycles. The number of hydrogen-bond donors (Lipinski definition) is 1. The van der Waals surface area contributed by atoms with E-state index in [0.29, 0.717) is 19.5 Å². The molecule has 0 bridgehead atoms. The van der Waals surface area contributed by atoms with Gasteiger partial charge in [-0.15, -0.1) is 0 Å². The van der Waals surface area contributed by atoms with Crippen LogP contribution in [-0.4, -0.2) is 29.8 Å². The van der Waals surface area contributed by atoms with Gasteiger partial charge in [0.15, 0.2) is 0 Å². The van der Waals surface area contributed by atoms with Gasteiger partial charge in [-0.1, -0.05) is 13.8 Å². The smallest absolute Gasteiger partial charge is 0.223 e. The van der Waals surface area contributed by atoms with Crippen molar-refractivity contribution in [3.8, 4) is 6.07 Å². The predicted molar refractivity (Wildman–Crippen MR) is 67.1 cm³/mol. The number of primary amides is 1. The average Bonchev–Trinajstić information content (AvgIpc) is 2.26. The lowest BCUT2D eigenvalue weighted by Gasteiger charge is -2.32. The van der Waals surface area contributed by atoms with Crippen LogP contribution in [0.25, 0.3) is 0 Å². The molecule has 1 aliphatic heterocycles. The van der Waals surface area contributed by atoms with Crippen LogP contribution in [0.1, 0.15) is 39.5 Å². The number of amides is 2. The highest BCUT2D eigenvalue weighted by Crippen LogP contribution is 2.27. The third kappa shape index (κ3) is 4.36. The highest BCUT2D eigenvalue weighted by atomic mass is 16.2. The summed E-state index contributed by atoms with van der Waals surface area (Å²) in [5, 5.41) is 8.80. The highest BCUT2D eigenvalue weighted by Gasteiger charge is 2.29. The first-order valence-electron chi connectivity index (χ1n) is 6.30. The minimum Gasteiger partial charge on any atom is -0.370 e. The summed E-state index contributed by atoms with van der Waals surface area (Å²) in [5.41, 5.74) is 4.78. The number of likely N-dealkylation sites (tertiary alicyclic amines) is 1. The Morgan fingerprint density at radius 3 is 2.33 bits per heavy atom. The van der Waals surface area contributed by atoms with E-state index in [2.05, 4.69) is 6.07 Å². The summed E-state index contributed by atoms with van der Waals surface area (Å²) < 4.78 is 0. The van der Waals surface area contributed by atoms with Crippen LogP contribution in [0.5, 0.6) is 0 Å². The van der Waals surface area contributed by atoms with Crippen LogP contribution >= 0.6 is 0 Å². The molecule has 0 aromatic carbocycles. The van der Waals surface area contributed by atoms with Gasteiger partial charge in [0.2, 0.25) is 11.8 Å². The SMILES string of the molecule is CC(C)(CC(N)=O)CC(=O)N1CCC(C#N)CC1. The minimum atomic E-state index is -0.394. The van der Waals surface area contributed by atoms with E-state index in [1.54, 1.807) is 4.90 Å². The normalized spacial score (nSPS) is 17.3. The van der Waals surface area contributed by atoms with Crippen molar-refractivity contribution in [3.63, 3.8) is 0 Å². The second kappa shape index (κ2) is 5.85. The van der Waals surface area contributed by atoms with E-state index in [4.69, 9.17) is 11.0 Å². The number of hydrogen-bond acceptors (Lipinski definition) is 3. The van der Waals surface area contributed by atoms with Crippen LogP contribution < -0.4 is 5.73 Å². The third-order valence-electron chi connectivity index (χ3n) is 3.31. The van der Waals surface area contributed by atoms with Crippen molar-refractivity contribution < 1.29 is 9.59 Å². The molecule has 0 aliphatic carbocycles. The maximum absolute atomic E-state index is 12.1. The quantitative estimate of drug-likeness (QED) is 0.809. The summed E-state index contributed by atoms with van der Waals surface area (Å²) in [5.74, 6) is -0.249. The van der Waals surface area contributed by atoms with E-state index >= 15 is 0 Å². The Kier molecular flexibility index (Phi) is 4.71. The lowest BCUT2D eigenvalue weighted by Crippen LogP contribution is -2.40. The van der Waals surface area contributed by atoms with Gasteiger partial charge in [-0.2, -0.15) is 5.26 Å². The number of nitrogens with two attached hydrogens (primary N) is 1. The van der Waals surface area contributed by atoms with E-state index in [9.17, 15) is 9.59 Å². The van der Waals surface area contributed by atoms with Crippen LogP contribution in [0, 0.1) is 22.7 Å². The monoisotopic (exact) mass is 251 g/mol. The molecular formula is C13H21N3O2. The predicted octanol–water partition coefficient (Wildman–Crippen LogP) is 1.04. The lowest BCUT2D eigenvalue weighted by molar-refractivity contribution is -0.135. The standard InChI is InChI=1S/C13H21N3O2/c1-13(2,7-11(15)17)8-12(18)16-5-3-10(9-14)4-6-16/h10H,3-8H2,1-2H3,(H2,15,17). The van der Waals surface area contributed by atoms with Gasteiger partial charge in [0.25, 0.3) is 0 Å². The Morgan fingerprint density at radius 2 is 1.89 bits per heavy atom. The molecule has 0 saturated carbocycles. The largest absolute Gasteiger partial charge is 0.370 e. The molecule has 1 fully saturated rings. The molecule has 0 radical (unpaired) electrons. The summed E-state index contributed by atoms with van der Waals surface area (Å²) >= 11 is 0. The molecule has 1 rings (SSSR count). The Balaban J connectivity index is 2.47. The highest BCUT2D eigenvalue weighted by molar-refractivity contribution is 5.79. The molecule has 0 unspecified atom stereocenters.